The Hall–Kier alpha value is -2.19. The minimum atomic E-state index is -2.63. The van der Waals surface area contributed by atoms with Crippen molar-refractivity contribution in [2.45, 2.75) is 36.8 Å². The molecule has 5 nitrogen and oxygen atoms in total. The lowest BCUT2D eigenvalue weighted by atomic mass is 10.1. The molecule has 4 rings (SSSR count). The molecule has 0 spiro atoms. The molecular weight excluding hydrogens is 346 g/mol. The topological polar surface area (TPSA) is 63.0 Å². The second-order valence-corrected chi connectivity index (χ2v) is 7.24. The molecule has 8 heteroatoms. The van der Waals surface area contributed by atoms with Crippen LogP contribution in [0.1, 0.15) is 32.0 Å². The average Bonchev–Trinajstić information content (AvgIpc) is 3.12. The summed E-state index contributed by atoms with van der Waals surface area (Å²) in [7, 11) is 0. The molecule has 1 aromatic carbocycles. The maximum Gasteiger partial charge on any atom is 0.280 e. The number of thioether (sulfide) groups is 1. The van der Waals surface area contributed by atoms with Crippen LogP contribution in [0.4, 0.5) is 14.5 Å². The maximum atomic E-state index is 13.1. The minimum Gasteiger partial charge on any atom is -0.364 e. The van der Waals surface area contributed by atoms with Gasteiger partial charge in [-0.2, -0.15) is 5.10 Å². The van der Waals surface area contributed by atoms with Gasteiger partial charge in [-0.15, -0.1) is 0 Å². The number of aliphatic hydroxyl groups is 1. The molecule has 0 aliphatic carbocycles. The summed E-state index contributed by atoms with van der Waals surface area (Å²) >= 11 is 1.30. The molecule has 3 aromatic rings. The van der Waals surface area contributed by atoms with Gasteiger partial charge in [-0.1, -0.05) is 17.8 Å². The number of nitrogens with one attached hydrogen (secondary N) is 1. The molecule has 1 aliphatic rings. The zero-order valence-electron chi connectivity index (χ0n) is 13.6. The van der Waals surface area contributed by atoms with Crippen LogP contribution in [0.3, 0.4) is 0 Å². The number of aromatic nitrogens is 3. The summed E-state index contributed by atoms with van der Waals surface area (Å²) in [5.41, 5.74) is 2.49. The van der Waals surface area contributed by atoms with Gasteiger partial charge in [0.1, 0.15) is 16.7 Å². The van der Waals surface area contributed by atoms with E-state index in [1.54, 1.807) is 10.7 Å². The van der Waals surface area contributed by atoms with Gasteiger partial charge in [0, 0.05) is 16.5 Å². The molecule has 0 saturated carbocycles. The Morgan fingerprint density at radius 1 is 1.24 bits per heavy atom. The highest BCUT2D eigenvalue weighted by atomic mass is 32.2. The highest BCUT2D eigenvalue weighted by molar-refractivity contribution is 8.00. The summed E-state index contributed by atoms with van der Waals surface area (Å²) in [6.07, 6.45) is -2.63. The second kappa shape index (κ2) is 5.96. The van der Waals surface area contributed by atoms with E-state index in [0.29, 0.717) is 16.7 Å². The number of anilines is 1. The number of nitrogens with zero attached hydrogens (tertiary/aromatic N) is 3. The third-order valence-electron chi connectivity index (χ3n) is 4.05. The van der Waals surface area contributed by atoms with Crippen LogP contribution in [-0.4, -0.2) is 25.4 Å². The number of rotatable bonds is 3. The zero-order chi connectivity index (χ0) is 17.7. The summed E-state index contributed by atoms with van der Waals surface area (Å²) < 4.78 is 28.0. The number of benzene rings is 1. The summed E-state index contributed by atoms with van der Waals surface area (Å²) in [5.74, 6) is 0. The van der Waals surface area contributed by atoms with E-state index in [1.807, 2.05) is 32.0 Å². The van der Waals surface area contributed by atoms with Crippen LogP contribution < -0.4 is 5.32 Å². The van der Waals surface area contributed by atoms with Crippen LogP contribution in [0.15, 0.2) is 35.2 Å². The molecule has 130 valence electrons. The normalized spacial score (nSPS) is 16.7. The van der Waals surface area contributed by atoms with E-state index in [-0.39, 0.29) is 11.7 Å². The van der Waals surface area contributed by atoms with Gasteiger partial charge in [-0.25, -0.2) is 13.8 Å². The van der Waals surface area contributed by atoms with Crippen LogP contribution in [0.2, 0.25) is 0 Å². The van der Waals surface area contributed by atoms with E-state index < -0.39 is 12.0 Å². The van der Waals surface area contributed by atoms with Gasteiger partial charge in [0.25, 0.3) is 6.43 Å². The van der Waals surface area contributed by atoms with Gasteiger partial charge in [0.05, 0.1) is 11.4 Å². The lowest BCUT2D eigenvalue weighted by Gasteiger charge is -2.12. The van der Waals surface area contributed by atoms with Gasteiger partial charge in [-0.3, -0.25) is 4.68 Å². The number of hydrogen-bond acceptors (Lipinski definition) is 5. The monoisotopic (exact) mass is 362 g/mol. The third kappa shape index (κ3) is 2.75. The van der Waals surface area contributed by atoms with Crippen molar-refractivity contribution < 1.29 is 13.9 Å². The summed E-state index contributed by atoms with van der Waals surface area (Å²) in [6.45, 7) is 3.97. The number of alkyl halides is 2. The van der Waals surface area contributed by atoms with E-state index in [9.17, 15) is 13.9 Å². The fraction of sp³-hybridized carbons (Fsp3) is 0.294. The Kier molecular flexibility index (Phi) is 3.88. The summed E-state index contributed by atoms with van der Waals surface area (Å²) in [5, 5.41) is 17.2. The Labute approximate surface area is 147 Å². The summed E-state index contributed by atoms with van der Waals surface area (Å²) in [6, 6.07) is 8.62. The van der Waals surface area contributed by atoms with Gasteiger partial charge in [0.15, 0.2) is 5.56 Å². The molecule has 0 radical (unpaired) electrons. The Bertz CT molecular complexity index is 957. The number of aliphatic hydroxyl groups excluding tert-OH is 1. The number of fused-ring (bicyclic) bond motifs is 2. The number of hydrogen-bond donors (Lipinski definition) is 2. The van der Waals surface area contributed by atoms with Crippen molar-refractivity contribution in [3.8, 4) is 11.3 Å². The molecule has 3 heterocycles. The van der Waals surface area contributed by atoms with E-state index in [0.717, 1.165) is 16.1 Å². The average molecular weight is 362 g/mol. The lowest BCUT2D eigenvalue weighted by molar-refractivity contribution is 0.146. The quantitative estimate of drug-likeness (QED) is 0.723. The first kappa shape index (κ1) is 16.3. The van der Waals surface area contributed by atoms with Crippen molar-refractivity contribution in [2.75, 3.05) is 5.32 Å². The van der Waals surface area contributed by atoms with Crippen molar-refractivity contribution in [3.63, 3.8) is 0 Å². The van der Waals surface area contributed by atoms with Gasteiger partial charge < -0.3 is 10.4 Å². The Balaban J connectivity index is 1.94. The highest BCUT2D eigenvalue weighted by Gasteiger charge is 2.23. The first-order valence-electron chi connectivity index (χ1n) is 7.87. The predicted molar refractivity (Wildman–Crippen MR) is 93.8 cm³/mol. The summed E-state index contributed by atoms with van der Waals surface area (Å²) in [4.78, 5) is 5.06. The molecule has 2 N–H and O–H groups in total. The molecule has 0 bridgehead atoms. The Morgan fingerprint density at radius 2 is 2.04 bits per heavy atom. The number of halogens is 2. The molecular formula is C17H16F2N4OS. The van der Waals surface area contributed by atoms with Gasteiger partial charge in [-0.05, 0) is 38.1 Å². The molecule has 0 amide bonds. The zero-order valence-corrected chi connectivity index (χ0v) is 14.4. The smallest absolute Gasteiger partial charge is 0.280 e. The first-order valence-corrected chi connectivity index (χ1v) is 8.75. The van der Waals surface area contributed by atoms with Crippen molar-refractivity contribution in [1.82, 2.24) is 14.8 Å². The van der Waals surface area contributed by atoms with Crippen molar-refractivity contribution in [2.24, 2.45) is 0 Å². The van der Waals surface area contributed by atoms with Crippen LogP contribution in [0, 0.1) is 0 Å². The van der Waals surface area contributed by atoms with E-state index in [2.05, 4.69) is 15.4 Å². The molecule has 0 fully saturated rings. The van der Waals surface area contributed by atoms with E-state index in [1.165, 1.54) is 17.8 Å². The van der Waals surface area contributed by atoms with Crippen LogP contribution >= 0.6 is 11.8 Å². The Morgan fingerprint density at radius 3 is 2.76 bits per heavy atom. The maximum absolute atomic E-state index is 13.1. The second-order valence-electron chi connectivity index (χ2n) is 6.12. The molecule has 0 saturated heterocycles. The molecule has 25 heavy (non-hydrogen) atoms. The third-order valence-corrected chi connectivity index (χ3v) is 4.98. The standard InChI is InChI=1S/C17H16F2N4OS/c1-8(2)23-15(9-3-4-10-13(7-9)25-17(24)21-10)14-11(22-23)5-6-12(20-14)16(18)19/h3-8,16-17,21,24H,1-2H3. The lowest BCUT2D eigenvalue weighted by Crippen LogP contribution is -2.06. The number of pyridine rings is 1. The predicted octanol–water partition coefficient (Wildman–Crippen LogP) is 4.41. The molecule has 1 aliphatic heterocycles. The van der Waals surface area contributed by atoms with E-state index in [4.69, 9.17) is 0 Å². The molecule has 1 unspecified atom stereocenters. The fourth-order valence-electron chi connectivity index (χ4n) is 2.93. The van der Waals surface area contributed by atoms with Crippen molar-refractivity contribution in [3.05, 3.63) is 36.0 Å². The first-order chi connectivity index (χ1) is 11.9. The van der Waals surface area contributed by atoms with Crippen LogP contribution in [-0.2, 0) is 0 Å². The van der Waals surface area contributed by atoms with Crippen LogP contribution in [0.25, 0.3) is 22.3 Å². The fourth-order valence-corrected chi connectivity index (χ4v) is 3.81. The largest absolute Gasteiger partial charge is 0.364 e. The van der Waals surface area contributed by atoms with Crippen LogP contribution in [0.5, 0.6) is 0 Å². The van der Waals surface area contributed by atoms with E-state index >= 15 is 0 Å². The van der Waals surface area contributed by atoms with Crippen molar-refractivity contribution >= 4 is 28.5 Å². The van der Waals surface area contributed by atoms with Crippen molar-refractivity contribution in [1.29, 1.82) is 0 Å². The highest BCUT2D eigenvalue weighted by Crippen LogP contribution is 2.41. The van der Waals surface area contributed by atoms with Gasteiger partial charge >= 0.3 is 0 Å². The molecule has 1 atom stereocenters. The SMILES string of the molecule is CC(C)n1nc2ccc(C(F)F)nc2c1-c1ccc2c(c1)SC(O)N2. The minimum absolute atomic E-state index is 0.0452. The molecule has 2 aromatic heterocycles. The van der Waals surface area contributed by atoms with Gasteiger partial charge in [0.2, 0.25) is 0 Å².